The molecule has 5 N–H and O–H groups in total. The number of nitrogens with zero attached hydrogens (tertiary/aromatic N) is 3. The van der Waals surface area contributed by atoms with Crippen molar-refractivity contribution in [2.75, 3.05) is 5.73 Å². The van der Waals surface area contributed by atoms with Gasteiger partial charge < -0.3 is 16.8 Å². The Labute approximate surface area is 169 Å². The average Bonchev–Trinajstić information content (AvgIpc) is 3.12. The van der Waals surface area contributed by atoms with E-state index in [1.165, 1.54) is 6.20 Å². The molecule has 0 spiro atoms. The second-order valence-electron chi connectivity index (χ2n) is 6.36. The van der Waals surface area contributed by atoms with Gasteiger partial charge in [0.1, 0.15) is 5.01 Å². The lowest BCUT2D eigenvalue weighted by Crippen LogP contribution is -2.20. The predicted octanol–water partition coefficient (Wildman–Crippen LogP) is 4.12. The zero-order valence-corrected chi connectivity index (χ0v) is 16.5. The summed E-state index contributed by atoms with van der Waals surface area (Å²) in [5, 5.41) is 4.01. The number of nitrogens with two attached hydrogens (primary N) is 2. The van der Waals surface area contributed by atoms with Crippen LogP contribution in [0.2, 0.25) is 0 Å². The van der Waals surface area contributed by atoms with Crippen LogP contribution in [-0.2, 0) is 6.18 Å². The van der Waals surface area contributed by atoms with Crippen LogP contribution in [0.15, 0.2) is 43.0 Å². The van der Waals surface area contributed by atoms with Crippen molar-refractivity contribution in [1.82, 2.24) is 20.3 Å². The maximum atomic E-state index is 12.6. The second-order valence-corrected chi connectivity index (χ2v) is 7.60. The monoisotopic (exact) mass is 420 g/mol. The average molecular weight is 420 g/mol. The van der Waals surface area contributed by atoms with Crippen molar-refractivity contribution in [3.63, 3.8) is 0 Å². The van der Waals surface area contributed by atoms with Gasteiger partial charge in [0.05, 0.1) is 11.7 Å². The number of hydrogen-bond donors (Lipinski definition) is 3. The first kappa shape index (κ1) is 20.6. The lowest BCUT2D eigenvalue weighted by Gasteiger charge is -2.19. The summed E-state index contributed by atoms with van der Waals surface area (Å²) in [6, 6.07) is 5.10. The summed E-state index contributed by atoms with van der Waals surface area (Å²) in [7, 11) is 0. The molecule has 0 radical (unpaired) electrons. The molecular formula is C19H19F3N6S. The van der Waals surface area contributed by atoms with Crippen LogP contribution < -0.4 is 16.8 Å². The number of aryl methyl sites for hydroxylation is 1. The molecule has 3 aromatic rings. The van der Waals surface area contributed by atoms with Gasteiger partial charge in [-0.05, 0) is 32.0 Å². The molecule has 0 aliphatic heterocycles. The smallest absolute Gasteiger partial charge is 0.403 e. The first-order chi connectivity index (χ1) is 13.7. The van der Waals surface area contributed by atoms with Crippen LogP contribution in [0.5, 0.6) is 0 Å². The third-order valence-electron chi connectivity index (χ3n) is 4.18. The molecule has 0 saturated carbocycles. The molecule has 0 aliphatic rings. The summed E-state index contributed by atoms with van der Waals surface area (Å²) in [6.07, 6.45) is 0.852. The van der Waals surface area contributed by atoms with Gasteiger partial charge in [0.2, 0.25) is 5.82 Å². The van der Waals surface area contributed by atoms with Crippen LogP contribution in [0.4, 0.5) is 18.9 Å². The fraction of sp³-hybridized carbons (Fsp3) is 0.211. The minimum absolute atomic E-state index is 0.405. The maximum Gasteiger partial charge on any atom is 0.451 e. The Hall–Kier alpha value is -3.14. The SMILES string of the molecule is Cc1cnc(-c2ccc(N)c(/C(=C\N)N[C@H](C)c3cnc(C(F)(F)F)nc3)c2)s1. The number of rotatable bonds is 5. The normalized spacial score (nSPS) is 13.3. The molecular weight excluding hydrogens is 401 g/mol. The van der Waals surface area contributed by atoms with Crippen molar-refractivity contribution >= 4 is 22.7 Å². The molecule has 2 aromatic heterocycles. The van der Waals surface area contributed by atoms with E-state index in [1.54, 1.807) is 30.5 Å². The molecule has 2 heterocycles. The zero-order chi connectivity index (χ0) is 21.2. The quantitative estimate of drug-likeness (QED) is 0.537. The molecule has 0 bridgehead atoms. The van der Waals surface area contributed by atoms with E-state index < -0.39 is 18.0 Å². The highest BCUT2D eigenvalue weighted by Gasteiger charge is 2.34. The molecule has 6 nitrogen and oxygen atoms in total. The Balaban J connectivity index is 1.84. The van der Waals surface area contributed by atoms with Gasteiger partial charge in [0.25, 0.3) is 0 Å². The summed E-state index contributed by atoms with van der Waals surface area (Å²) in [5.74, 6) is -1.18. The molecule has 0 unspecified atom stereocenters. The minimum Gasteiger partial charge on any atom is -0.403 e. The molecule has 0 amide bonds. The van der Waals surface area contributed by atoms with E-state index in [0.717, 1.165) is 27.8 Å². The van der Waals surface area contributed by atoms with Crippen LogP contribution in [0, 0.1) is 6.92 Å². The van der Waals surface area contributed by atoms with Crippen LogP contribution >= 0.6 is 11.3 Å². The number of halogens is 3. The van der Waals surface area contributed by atoms with Gasteiger partial charge in [-0.2, -0.15) is 13.2 Å². The Morgan fingerprint density at radius 2 is 1.86 bits per heavy atom. The van der Waals surface area contributed by atoms with E-state index in [9.17, 15) is 13.2 Å². The lowest BCUT2D eigenvalue weighted by atomic mass is 10.0. The summed E-state index contributed by atoms with van der Waals surface area (Å²) in [6.45, 7) is 3.74. The minimum atomic E-state index is -4.58. The fourth-order valence-corrected chi connectivity index (χ4v) is 3.41. The number of thiazole rings is 1. The van der Waals surface area contributed by atoms with Gasteiger partial charge in [-0.1, -0.05) is 0 Å². The summed E-state index contributed by atoms with van der Waals surface area (Å²) in [5.41, 5.74) is 15.0. The van der Waals surface area contributed by atoms with Crippen LogP contribution in [0.25, 0.3) is 16.3 Å². The van der Waals surface area contributed by atoms with Crippen molar-refractivity contribution in [3.05, 3.63) is 64.8 Å². The molecule has 0 aliphatic carbocycles. The number of benzene rings is 1. The van der Waals surface area contributed by atoms with E-state index in [-0.39, 0.29) is 0 Å². The van der Waals surface area contributed by atoms with Gasteiger partial charge in [0.15, 0.2) is 0 Å². The third-order valence-corrected chi connectivity index (χ3v) is 5.14. The highest BCUT2D eigenvalue weighted by molar-refractivity contribution is 7.14. The van der Waals surface area contributed by atoms with E-state index >= 15 is 0 Å². The highest BCUT2D eigenvalue weighted by Crippen LogP contribution is 2.31. The van der Waals surface area contributed by atoms with Crippen LogP contribution in [-0.4, -0.2) is 15.0 Å². The Kier molecular flexibility index (Phi) is 5.73. The van der Waals surface area contributed by atoms with Crippen LogP contribution in [0.3, 0.4) is 0 Å². The number of alkyl halides is 3. The van der Waals surface area contributed by atoms with Gasteiger partial charge in [0, 0.05) is 52.0 Å². The summed E-state index contributed by atoms with van der Waals surface area (Å²) in [4.78, 5) is 12.2. The summed E-state index contributed by atoms with van der Waals surface area (Å²) >= 11 is 1.56. The molecule has 0 fully saturated rings. The standard InChI is InChI=1S/C19H19F3N6S/c1-10-7-25-17(29-10)12-3-4-15(24)14(5-12)16(6-23)28-11(2)13-8-26-18(27-9-13)19(20,21)22/h3-9,11,28H,23-24H2,1-2H3/b16-6+/t11-/m1/s1. The van der Waals surface area contributed by atoms with E-state index in [1.807, 2.05) is 19.1 Å². The summed E-state index contributed by atoms with van der Waals surface area (Å²) < 4.78 is 37.9. The molecule has 152 valence electrons. The molecule has 3 rings (SSSR count). The molecule has 1 aromatic carbocycles. The van der Waals surface area contributed by atoms with Crippen molar-refractivity contribution in [1.29, 1.82) is 0 Å². The molecule has 10 heteroatoms. The van der Waals surface area contributed by atoms with E-state index in [0.29, 0.717) is 22.5 Å². The van der Waals surface area contributed by atoms with Crippen molar-refractivity contribution in [3.8, 4) is 10.6 Å². The van der Waals surface area contributed by atoms with E-state index in [2.05, 4.69) is 20.3 Å². The Morgan fingerprint density at radius 3 is 2.41 bits per heavy atom. The van der Waals surface area contributed by atoms with E-state index in [4.69, 9.17) is 11.5 Å². The van der Waals surface area contributed by atoms with Crippen molar-refractivity contribution in [2.24, 2.45) is 5.73 Å². The van der Waals surface area contributed by atoms with Crippen LogP contribution in [0.1, 0.15) is 34.8 Å². The van der Waals surface area contributed by atoms with Gasteiger partial charge in [-0.15, -0.1) is 11.3 Å². The molecule has 1 atom stereocenters. The number of nitrogens with one attached hydrogen (secondary N) is 1. The molecule has 0 saturated heterocycles. The topological polar surface area (TPSA) is 103 Å². The number of nitrogen functional groups attached to an aromatic ring is 1. The Morgan fingerprint density at radius 1 is 1.17 bits per heavy atom. The van der Waals surface area contributed by atoms with Crippen molar-refractivity contribution < 1.29 is 13.2 Å². The number of aromatic nitrogens is 3. The maximum absolute atomic E-state index is 12.6. The Bertz CT molecular complexity index is 1030. The van der Waals surface area contributed by atoms with Crippen molar-refractivity contribution in [2.45, 2.75) is 26.1 Å². The molecule has 29 heavy (non-hydrogen) atoms. The number of hydrogen-bond acceptors (Lipinski definition) is 7. The predicted molar refractivity (Wildman–Crippen MR) is 107 cm³/mol. The third kappa shape index (κ3) is 4.65. The van der Waals surface area contributed by atoms with Gasteiger partial charge in [-0.3, -0.25) is 0 Å². The van der Waals surface area contributed by atoms with Gasteiger partial charge >= 0.3 is 6.18 Å². The second kappa shape index (κ2) is 8.08. The first-order valence-corrected chi connectivity index (χ1v) is 9.41. The highest BCUT2D eigenvalue weighted by atomic mass is 32.1. The number of anilines is 1. The fourth-order valence-electron chi connectivity index (χ4n) is 2.65. The first-order valence-electron chi connectivity index (χ1n) is 8.59. The lowest BCUT2D eigenvalue weighted by molar-refractivity contribution is -0.145. The zero-order valence-electron chi connectivity index (χ0n) is 15.7. The largest absolute Gasteiger partial charge is 0.451 e. The van der Waals surface area contributed by atoms with Gasteiger partial charge in [-0.25, -0.2) is 15.0 Å².